The van der Waals surface area contributed by atoms with Gasteiger partial charge in [-0.05, 0) is 38.1 Å². The summed E-state index contributed by atoms with van der Waals surface area (Å²) in [6.07, 6.45) is 0.856. The fourth-order valence-corrected chi connectivity index (χ4v) is 3.26. The van der Waals surface area contributed by atoms with Crippen molar-refractivity contribution in [2.24, 2.45) is 0 Å². The molecule has 4 nitrogen and oxygen atoms in total. The summed E-state index contributed by atoms with van der Waals surface area (Å²) >= 11 is 5.98. The third kappa shape index (κ3) is 4.10. The average Bonchev–Trinajstić information content (AvgIpc) is 2.95. The number of halogens is 2. The van der Waals surface area contributed by atoms with Crippen LogP contribution in [-0.4, -0.2) is 18.6 Å². The highest BCUT2D eigenvalue weighted by molar-refractivity contribution is 6.31. The second-order valence-electron chi connectivity index (χ2n) is 6.29. The van der Waals surface area contributed by atoms with E-state index in [1.165, 1.54) is 12.1 Å². The maximum atomic E-state index is 13.8. The van der Waals surface area contributed by atoms with E-state index in [1.54, 1.807) is 6.07 Å². The molecule has 2 aromatic carbocycles. The molecule has 1 heterocycles. The Hall–Kier alpha value is -2.27. The van der Waals surface area contributed by atoms with Gasteiger partial charge >= 0.3 is 0 Å². The molecule has 0 saturated carbocycles. The molecule has 0 spiro atoms. The van der Waals surface area contributed by atoms with Gasteiger partial charge in [0.05, 0.1) is 13.0 Å². The summed E-state index contributed by atoms with van der Waals surface area (Å²) in [4.78, 5) is 12.2. The number of rotatable bonds is 6. The van der Waals surface area contributed by atoms with E-state index in [4.69, 9.17) is 21.1 Å². The van der Waals surface area contributed by atoms with Crippen LogP contribution in [0, 0.1) is 5.82 Å². The first kappa shape index (κ1) is 18.5. The van der Waals surface area contributed by atoms with Crippen LogP contribution in [0.1, 0.15) is 30.5 Å². The Morgan fingerprint density at radius 2 is 2.23 bits per heavy atom. The van der Waals surface area contributed by atoms with E-state index in [9.17, 15) is 9.18 Å². The normalized spacial score (nSPS) is 15.3. The number of amides is 1. The highest BCUT2D eigenvalue weighted by Gasteiger charge is 2.22. The molecule has 0 aromatic heterocycles. The molecule has 2 aromatic rings. The zero-order chi connectivity index (χ0) is 18.7. The fraction of sp³-hybridized carbons (Fsp3) is 0.350. The first-order valence-electron chi connectivity index (χ1n) is 8.62. The molecule has 1 aliphatic rings. The smallest absolute Gasteiger partial charge is 0.224 e. The van der Waals surface area contributed by atoms with E-state index in [-0.39, 0.29) is 35.6 Å². The van der Waals surface area contributed by atoms with Gasteiger partial charge in [0.2, 0.25) is 5.91 Å². The van der Waals surface area contributed by atoms with Crippen molar-refractivity contribution in [3.8, 4) is 11.5 Å². The van der Waals surface area contributed by atoms with E-state index in [0.29, 0.717) is 6.61 Å². The number of hydrogen-bond acceptors (Lipinski definition) is 3. The summed E-state index contributed by atoms with van der Waals surface area (Å²) < 4.78 is 25.3. The van der Waals surface area contributed by atoms with Crippen molar-refractivity contribution in [3.63, 3.8) is 0 Å². The van der Waals surface area contributed by atoms with Crippen LogP contribution >= 0.6 is 11.6 Å². The van der Waals surface area contributed by atoms with Gasteiger partial charge in [-0.1, -0.05) is 17.7 Å². The first-order chi connectivity index (χ1) is 12.5. The number of carbonyl (C=O) groups excluding carboxylic acids is 1. The van der Waals surface area contributed by atoms with Crippen molar-refractivity contribution < 1.29 is 18.7 Å². The molecule has 1 atom stereocenters. The van der Waals surface area contributed by atoms with Gasteiger partial charge in [0.15, 0.2) is 0 Å². The SMILES string of the molecule is CCOc1cc2c(cc1CNC(=O)Cc1c(F)cccc1Cl)O[C@@H](C)C2. The number of carbonyl (C=O) groups is 1. The fourth-order valence-electron chi connectivity index (χ4n) is 3.03. The highest BCUT2D eigenvalue weighted by atomic mass is 35.5. The van der Waals surface area contributed by atoms with Crippen molar-refractivity contribution in [2.45, 2.75) is 39.3 Å². The van der Waals surface area contributed by atoms with E-state index < -0.39 is 5.82 Å². The van der Waals surface area contributed by atoms with Gasteiger partial charge in [-0.3, -0.25) is 4.79 Å². The summed E-state index contributed by atoms with van der Waals surface area (Å²) in [5.74, 6) is 0.757. The largest absolute Gasteiger partial charge is 0.494 e. The third-order valence-electron chi connectivity index (χ3n) is 4.25. The average molecular weight is 378 g/mol. The van der Waals surface area contributed by atoms with Gasteiger partial charge in [0, 0.05) is 34.7 Å². The summed E-state index contributed by atoms with van der Waals surface area (Å²) in [6, 6.07) is 8.25. The molecular formula is C20H21ClFNO3. The Labute approximate surface area is 157 Å². The Morgan fingerprint density at radius 3 is 2.96 bits per heavy atom. The number of ether oxygens (including phenoxy) is 2. The van der Waals surface area contributed by atoms with Gasteiger partial charge < -0.3 is 14.8 Å². The van der Waals surface area contributed by atoms with Crippen molar-refractivity contribution in [1.82, 2.24) is 5.32 Å². The molecule has 0 fully saturated rings. The molecule has 1 amide bonds. The lowest BCUT2D eigenvalue weighted by molar-refractivity contribution is -0.120. The van der Waals surface area contributed by atoms with Crippen LogP contribution in [0.5, 0.6) is 11.5 Å². The van der Waals surface area contributed by atoms with Gasteiger partial charge in [-0.2, -0.15) is 0 Å². The maximum Gasteiger partial charge on any atom is 0.224 e. The monoisotopic (exact) mass is 377 g/mol. The third-order valence-corrected chi connectivity index (χ3v) is 4.61. The van der Waals surface area contributed by atoms with Gasteiger partial charge in [-0.15, -0.1) is 0 Å². The first-order valence-corrected chi connectivity index (χ1v) is 9.00. The predicted molar refractivity (Wildman–Crippen MR) is 98.4 cm³/mol. The van der Waals surface area contributed by atoms with Crippen LogP contribution in [0.15, 0.2) is 30.3 Å². The summed E-state index contributed by atoms with van der Waals surface area (Å²) in [5.41, 5.74) is 2.13. The summed E-state index contributed by atoms with van der Waals surface area (Å²) in [5, 5.41) is 3.05. The lowest BCUT2D eigenvalue weighted by Gasteiger charge is -2.14. The van der Waals surface area contributed by atoms with Crippen LogP contribution in [0.3, 0.4) is 0 Å². The molecule has 6 heteroatoms. The van der Waals surface area contributed by atoms with Crippen molar-refractivity contribution in [3.05, 3.63) is 57.9 Å². The Morgan fingerprint density at radius 1 is 1.42 bits per heavy atom. The van der Waals surface area contributed by atoms with Crippen LogP contribution in [0.4, 0.5) is 4.39 Å². The molecule has 1 N–H and O–H groups in total. The summed E-state index contributed by atoms with van der Waals surface area (Å²) in [7, 11) is 0. The number of fused-ring (bicyclic) bond motifs is 1. The molecule has 0 aliphatic carbocycles. The molecule has 138 valence electrons. The van der Waals surface area contributed by atoms with Crippen molar-refractivity contribution in [2.75, 3.05) is 6.61 Å². The van der Waals surface area contributed by atoms with E-state index in [0.717, 1.165) is 29.0 Å². The van der Waals surface area contributed by atoms with E-state index in [1.807, 2.05) is 26.0 Å². The molecule has 3 rings (SSSR count). The minimum atomic E-state index is -0.484. The van der Waals surface area contributed by atoms with Crippen LogP contribution in [-0.2, 0) is 24.2 Å². The predicted octanol–water partition coefficient (Wildman–Crippen LogP) is 4.06. The zero-order valence-corrected chi connectivity index (χ0v) is 15.5. The Kier molecular flexibility index (Phi) is 5.67. The molecule has 0 saturated heterocycles. The van der Waals surface area contributed by atoms with Crippen molar-refractivity contribution >= 4 is 17.5 Å². The van der Waals surface area contributed by atoms with Gasteiger partial charge in [-0.25, -0.2) is 4.39 Å². The number of benzene rings is 2. The standard InChI is InChI=1S/C20H21ClFNO3/c1-3-25-18-8-13-7-12(2)26-19(13)9-14(18)11-23-20(24)10-15-16(21)5-4-6-17(15)22/h4-6,8-9,12H,3,7,10-11H2,1-2H3,(H,23,24)/t12-/m0/s1. The van der Waals surface area contributed by atoms with E-state index in [2.05, 4.69) is 5.32 Å². The lowest BCUT2D eigenvalue weighted by atomic mass is 10.1. The molecule has 26 heavy (non-hydrogen) atoms. The zero-order valence-electron chi connectivity index (χ0n) is 14.8. The molecule has 0 radical (unpaired) electrons. The second-order valence-corrected chi connectivity index (χ2v) is 6.69. The minimum absolute atomic E-state index is 0.117. The van der Waals surface area contributed by atoms with Gasteiger partial charge in [0.1, 0.15) is 23.4 Å². The maximum absolute atomic E-state index is 13.8. The lowest BCUT2D eigenvalue weighted by Crippen LogP contribution is -2.25. The minimum Gasteiger partial charge on any atom is -0.494 e. The van der Waals surface area contributed by atoms with Crippen LogP contribution < -0.4 is 14.8 Å². The highest BCUT2D eigenvalue weighted by Crippen LogP contribution is 2.35. The van der Waals surface area contributed by atoms with Crippen LogP contribution in [0.2, 0.25) is 5.02 Å². The second kappa shape index (κ2) is 7.96. The Bertz CT molecular complexity index is 805. The summed E-state index contributed by atoms with van der Waals surface area (Å²) in [6.45, 7) is 4.72. The van der Waals surface area contributed by atoms with Gasteiger partial charge in [0.25, 0.3) is 0 Å². The Balaban J connectivity index is 1.71. The number of nitrogens with one attached hydrogen (secondary N) is 1. The van der Waals surface area contributed by atoms with Crippen LogP contribution in [0.25, 0.3) is 0 Å². The van der Waals surface area contributed by atoms with Crippen molar-refractivity contribution in [1.29, 1.82) is 0 Å². The molecule has 1 aliphatic heterocycles. The quantitative estimate of drug-likeness (QED) is 0.825. The molecular weight excluding hydrogens is 357 g/mol. The van der Waals surface area contributed by atoms with E-state index >= 15 is 0 Å². The molecule has 0 unspecified atom stereocenters. The molecule has 0 bridgehead atoms. The topological polar surface area (TPSA) is 47.6 Å². The number of hydrogen-bond donors (Lipinski definition) is 1.